The molecule has 0 saturated carbocycles. The fourth-order valence-electron chi connectivity index (χ4n) is 2.55. The molecule has 116 valence electrons. The molecule has 1 aliphatic rings. The third-order valence-corrected chi connectivity index (χ3v) is 3.60. The second kappa shape index (κ2) is 6.70. The number of ether oxygens (including phenoxy) is 3. The molecule has 1 unspecified atom stereocenters. The third kappa shape index (κ3) is 3.60. The van der Waals surface area contributed by atoms with Crippen LogP contribution in [0.3, 0.4) is 0 Å². The van der Waals surface area contributed by atoms with Gasteiger partial charge in [0, 0.05) is 19.2 Å². The number of esters is 1. The van der Waals surface area contributed by atoms with Crippen molar-refractivity contribution in [3.05, 3.63) is 18.2 Å². The fourth-order valence-corrected chi connectivity index (χ4v) is 2.55. The van der Waals surface area contributed by atoms with Crippen molar-refractivity contribution in [3.63, 3.8) is 0 Å². The molecular formula is C16H23NO4. The number of hydrogen-bond acceptors (Lipinski definition) is 5. The van der Waals surface area contributed by atoms with Crippen LogP contribution in [0.25, 0.3) is 0 Å². The largest absolute Gasteiger partial charge is 0.497 e. The van der Waals surface area contributed by atoms with Crippen molar-refractivity contribution in [3.8, 4) is 11.5 Å². The lowest BCUT2D eigenvalue weighted by Crippen LogP contribution is -2.26. The Morgan fingerprint density at radius 1 is 1.29 bits per heavy atom. The molecular weight excluding hydrogens is 270 g/mol. The minimum absolute atomic E-state index is 0.0675. The van der Waals surface area contributed by atoms with Gasteiger partial charge in [-0.1, -0.05) is 0 Å². The minimum atomic E-state index is -0.111. The Morgan fingerprint density at radius 3 is 2.67 bits per heavy atom. The van der Waals surface area contributed by atoms with E-state index in [4.69, 9.17) is 14.2 Å². The second-order valence-corrected chi connectivity index (χ2v) is 5.46. The van der Waals surface area contributed by atoms with Crippen molar-refractivity contribution in [1.29, 1.82) is 0 Å². The van der Waals surface area contributed by atoms with Crippen LogP contribution in [0, 0.1) is 5.92 Å². The first kappa shape index (κ1) is 15.5. The smallest absolute Gasteiger partial charge is 0.311 e. The van der Waals surface area contributed by atoms with Gasteiger partial charge < -0.3 is 19.1 Å². The molecule has 0 radical (unpaired) electrons. The van der Waals surface area contributed by atoms with Crippen LogP contribution in [0.1, 0.15) is 20.3 Å². The summed E-state index contributed by atoms with van der Waals surface area (Å²) in [5, 5.41) is 0. The van der Waals surface area contributed by atoms with E-state index < -0.39 is 0 Å². The molecule has 0 aliphatic carbocycles. The van der Waals surface area contributed by atoms with E-state index in [9.17, 15) is 4.79 Å². The summed E-state index contributed by atoms with van der Waals surface area (Å²) in [7, 11) is 3.26. The molecule has 1 aromatic carbocycles. The van der Waals surface area contributed by atoms with Crippen molar-refractivity contribution >= 4 is 11.7 Å². The Morgan fingerprint density at radius 2 is 2.05 bits per heavy atom. The van der Waals surface area contributed by atoms with Crippen molar-refractivity contribution in [2.24, 2.45) is 5.92 Å². The summed E-state index contributed by atoms with van der Waals surface area (Å²) in [6, 6.07) is 5.72. The quantitative estimate of drug-likeness (QED) is 0.781. The summed E-state index contributed by atoms with van der Waals surface area (Å²) in [4.78, 5) is 14.1. The van der Waals surface area contributed by atoms with Gasteiger partial charge in [0.15, 0.2) is 0 Å². The zero-order valence-electron chi connectivity index (χ0n) is 13.1. The van der Waals surface area contributed by atoms with Crippen LogP contribution in [0.15, 0.2) is 18.2 Å². The molecule has 0 amide bonds. The molecule has 5 nitrogen and oxygen atoms in total. The maximum absolute atomic E-state index is 12.0. The Labute approximate surface area is 125 Å². The summed E-state index contributed by atoms with van der Waals surface area (Å²) >= 11 is 0. The Kier molecular flexibility index (Phi) is 4.94. The average molecular weight is 293 g/mol. The highest BCUT2D eigenvalue weighted by Crippen LogP contribution is 2.35. The summed E-state index contributed by atoms with van der Waals surface area (Å²) < 4.78 is 15.9. The van der Waals surface area contributed by atoms with Crippen LogP contribution in [0.4, 0.5) is 5.69 Å². The van der Waals surface area contributed by atoms with Gasteiger partial charge in [0.05, 0.1) is 31.9 Å². The summed E-state index contributed by atoms with van der Waals surface area (Å²) in [5.74, 6) is 1.33. The zero-order chi connectivity index (χ0) is 15.4. The van der Waals surface area contributed by atoms with E-state index in [0.717, 1.165) is 30.2 Å². The number of methoxy groups -OCH3 is 2. The molecule has 1 heterocycles. The minimum Gasteiger partial charge on any atom is -0.497 e. The highest BCUT2D eigenvalue weighted by Gasteiger charge is 2.31. The van der Waals surface area contributed by atoms with E-state index in [-0.39, 0.29) is 18.0 Å². The molecule has 5 heteroatoms. The van der Waals surface area contributed by atoms with Crippen LogP contribution in [-0.4, -0.2) is 39.4 Å². The van der Waals surface area contributed by atoms with E-state index in [1.807, 2.05) is 32.0 Å². The average Bonchev–Trinajstić information content (AvgIpc) is 2.95. The molecule has 0 N–H and O–H groups in total. The van der Waals surface area contributed by atoms with Crippen molar-refractivity contribution in [2.75, 3.05) is 32.2 Å². The first-order valence-corrected chi connectivity index (χ1v) is 7.22. The fraction of sp³-hybridized carbons (Fsp3) is 0.562. The van der Waals surface area contributed by atoms with E-state index in [2.05, 4.69) is 4.90 Å². The normalized spacial score (nSPS) is 18.0. The Balaban J connectivity index is 2.09. The SMILES string of the molecule is COc1ccc(N2CCC(C(=O)OC(C)C)C2)c(OC)c1. The van der Waals surface area contributed by atoms with Gasteiger partial charge in [-0.2, -0.15) is 0 Å². The number of anilines is 1. The van der Waals surface area contributed by atoms with Gasteiger partial charge in [0.25, 0.3) is 0 Å². The summed E-state index contributed by atoms with van der Waals surface area (Å²) in [5.41, 5.74) is 0.984. The predicted molar refractivity (Wildman–Crippen MR) is 81.1 cm³/mol. The van der Waals surface area contributed by atoms with Crippen molar-refractivity contribution in [2.45, 2.75) is 26.4 Å². The van der Waals surface area contributed by atoms with Crippen LogP contribution < -0.4 is 14.4 Å². The van der Waals surface area contributed by atoms with Gasteiger partial charge >= 0.3 is 5.97 Å². The summed E-state index contributed by atoms with van der Waals surface area (Å²) in [6.45, 7) is 5.23. The Hall–Kier alpha value is -1.91. The topological polar surface area (TPSA) is 48.0 Å². The predicted octanol–water partition coefficient (Wildman–Crippen LogP) is 2.48. The van der Waals surface area contributed by atoms with E-state index in [1.165, 1.54) is 0 Å². The molecule has 0 bridgehead atoms. The molecule has 0 spiro atoms. The molecule has 1 aliphatic heterocycles. The van der Waals surface area contributed by atoms with Crippen LogP contribution in [-0.2, 0) is 9.53 Å². The molecule has 1 atom stereocenters. The highest BCUT2D eigenvalue weighted by molar-refractivity contribution is 5.75. The van der Waals surface area contributed by atoms with Gasteiger partial charge in [-0.05, 0) is 32.4 Å². The van der Waals surface area contributed by atoms with Gasteiger partial charge in [-0.15, -0.1) is 0 Å². The standard InChI is InChI=1S/C16H23NO4/c1-11(2)21-16(18)12-7-8-17(10-12)14-6-5-13(19-3)9-15(14)20-4/h5-6,9,11-12H,7-8,10H2,1-4H3. The first-order chi connectivity index (χ1) is 10.0. The van der Waals surface area contributed by atoms with E-state index in [1.54, 1.807) is 14.2 Å². The maximum Gasteiger partial charge on any atom is 0.311 e. The maximum atomic E-state index is 12.0. The number of nitrogens with zero attached hydrogens (tertiary/aromatic N) is 1. The molecule has 2 rings (SSSR count). The molecule has 21 heavy (non-hydrogen) atoms. The van der Waals surface area contributed by atoms with Gasteiger partial charge in [-0.3, -0.25) is 4.79 Å². The Bertz CT molecular complexity index is 501. The number of hydrogen-bond donors (Lipinski definition) is 0. The lowest BCUT2D eigenvalue weighted by atomic mass is 10.1. The lowest BCUT2D eigenvalue weighted by Gasteiger charge is -2.21. The van der Waals surface area contributed by atoms with E-state index in [0.29, 0.717) is 6.54 Å². The summed E-state index contributed by atoms with van der Waals surface area (Å²) in [6.07, 6.45) is 0.739. The number of carbonyl (C=O) groups excluding carboxylic acids is 1. The number of rotatable bonds is 5. The van der Waals surface area contributed by atoms with Crippen LogP contribution in [0.2, 0.25) is 0 Å². The number of carbonyl (C=O) groups is 1. The van der Waals surface area contributed by atoms with Gasteiger partial charge in [-0.25, -0.2) is 0 Å². The molecule has 1 aromatic rings. The molecule has 1 saturated heterocycles. The third-order valence-electron chi connectivity index (χ3n) is 3.60. The lowest BCUT2D eigenvalue weighted by molar-refractivity contribution is -0.151. The number of benzene rings is 1. The van der Waals surface area contributed by atoms with Crippen LogP contribution in [0.5, 0.6) is 11.5 Å². The van der Waals surface area contributed by atoms with E-state index >= 15 is 0 Å². The van der Waals surface area contributed by atoms with Crippen LogP contribution >= 0.6 is 0 Å². The monoisotopic (exact) mass is 293 g/mol. The van der Waals surface area contributed by atoms with Crippen molar-refractivity contribution in [1.82, 2.24) is 0 Å². The second-order valence-electron chi connectivity index (χ2n) is 5.46. The van der Waals surface area contributed by atoms with Gasteiger partial charge in [0.1, 0.15) is 11.5 Å². The molecule has 0 aromatic heterocycles. The zero-order valence-corrected chi connectivity index (χ0v) is 13.1. The van der Waals surface area contributed by atoms with Crippen molar-refractivity contribution < 1.29 is 19.0 Å². The first-order valence-electron chi connectivity index (χ1n) is 7.22. The van der Waals surface area contributed by atoms with Gasteiger partial charge in [0.2, 0.25) is 0 Å². The molecule has 1 fully saturated rings. The highest BCUT2D eigenvalue weighted by atomic mass is 16.5.